The van der Waals surface area contributed by atoms with Gasteiger partial charge in [-0.3, -0.25) is 4.79 Å². The van der Waals surface area contributed by atoms with E-state index in [9.17, 15) is 13.6 Å². The number of hydrogen-bond acceptors (Lipinski definition) is 3. The van der Waals surface area contributed by atoms with E-state index in [4.69, 9.17) is 11.6 Å². The average Bonchev–Trinajstić information content (AvgIpc) is 2.48. The lowest BCUT2D eigenvalue weighted by molar-refractivity contribution is -0.114. The third-order valence-corrected chi connectivity index (χ3v) is 3.02. The van der Waals surface area contributed by atoms with Gasteiger partial charge in [-0.25, -0.2) is 0 Å². The maximum absolute atomic E-state index is 12.3. The highest BCUT2D eigenvalue weighted by Gasteiger charge is 2.11. The molecule has 116 valence electrons. The summed E-state index contributed by atoms with van der Waals surface area (Å²) in [6.07, 6.45) is 0. The van der Waals surface area contributed by atoms with Crippen molar-refractivity contribution in [2.24, 2.45) is 0 Å². The molecule has 0 atom stereocenters. The lowest BCUT2D eigenvalue weighted by atomic mass is 10.3. The molecule has 2 aromatic rings. The molecule has 2 rings (SSSR count). The second kappa shape index (κ2) is 7.61. The number of amides is 1. The smallest absolute Gasteiger partial charge is 0.387 e. The first-order valence-corrected chi connectivity index (χ1v) is 6.76. The van der Waals surface area contributed by atoms with Crippen LogP contribution < -0.4 is 15.4 Å². The van der Waals surface area contributed by atoms with Gasteiger partial charge in [-0.1, -0.05) is 35.9 Å². The van der Waals surface area contributed by atoms with Crippen LogP contribution >= 0.6 is 11.6 Å². The zero-order valence-electron chi connectivity index (χ0n) is 11.4. The summed E-state index contributed by atoms with van der Waals surface area (Å²) >= 11 is 5.95. The molecule has 0 heterocycles. The van der Waals surface area contributed by atoms with E-state index < -0.39 is 12.5 Å². The van der Waals surface area contributed by atoms with Gasteiger partial charge in [0, 0.05) is 0 Å². The molecule has 0 bridgehead atoms. The van der Waals surface area contributed by atoms with Gasteiger partial charge in [0.05, 0.1) is 22.9 Å². The molecular weight excluding hydrogens is 314 g/mol. The number of carbonyl (C=O) groups is 1. The van der Waals surface area contributed by atoms with Crippen LogP contribution in [-0.2, 0) is 4.79 Å². The molecule has 0 aromatic heterocycles. The topological polar surface area (TPSA) is 50.4 Å². The van der Waals surface area contributed by atoms with Crippen LogP contribution in [0.25, 0.3) is 0 Å². The van der Waals surface area contributed by atoms with Crippen molar-refractivity contribution >= 4 is 28.9 Å². The number of anilines is 2. The molecule has 0 saturated carbocycles. The molecule has 0 fully saturated rings. The fourth-order valence-corrected chi connectivity index (χ4v) is 1.95. The Hall–Kier alpha value is -2.34. The summed E-state index contributed by atoms with van der Waals surface area (Å²) in [5.41, 5.74) is 0.783. The highest BCUT2D eigenvalue weighted by atomic mass is 35.5. The quantitative estimate of drug-likeness (QED) is 0.844. The number of halogens is 3. The van der Waals surface area contributed by atoms with Crippen LogP contribution in [-0.4, -0.2) is 19.1 Å². The lowest BCUT2D eigenvalue weighted by Gasteiger charge is -2.12. The van der Waals surface area contributed by atoms with Gasteiger partial charge in [0.1, 0.15) is 5.75 Å². The van der Waals surface area contributed by atoms with Crippen LogP contribution in [0.3, 0.4) is 0 Å². The number of hydrogen-bond donors (Lipinski definition) is 2. The SMILES string of the molecule is O=C(CNc1ccccc1Cl)Nc1ccccc1OC(F)F. The van der Waals surface area contributed by atoms with Gasteiger partial charge in [0.2, 0.25) is 5.91 Å². The van der Waals surface area contributed by atoms with E-state index in [1.807, 2.05) is 0 Å². The molecule has 0 unspecified atom stereocenters. The van der Waals surface area contributed by atoms with E-state index in [1.54, 1.807) is 30.3 Å². The van der Waals surface area contributed by atoms with Gasteiger partial charge in [-0.15, -0.1) is 0 Å². The molecular formula is C15H13ClF2N2O2. The van der Waals surface area contributed by atoms with E-state index >= 15 is 0 Å². The highest BCUT2D eigenvalue weighted by Crippen LogP contribution is 2.25. The van der Waals surface area contributed by atoms with E-state index in [0.29, 0.717) is 10.7 Å². The van der Waals surface area contributed by atoms with Crippen molar-refractivity contribution in [1.29, 1.82) is 0 Å². The summed E-state index contributed by atoms with van der Waals surface area (Å²) in [6, 6.07) is 12.9. The Bertz CT molecular complexity index is 653. The van der Waals surface area contributed by atoms with Crippen LogP contribution in [0, 0.1) is 0 Å². The van der Waals surface area contributed by atoms with Gasteiger partial charge in [0.25, 0.3) is 0 Å². The van der Waals surface area contributed by atoms with Gasteiger partial charge < -0.3 is 15.4 Å². The normalized spacial score (nSPS) is 10.4. The van der Waals surface area contributed by atoms with Crippen LogP contribution in [0.1, 0.15) is 0 Å². The van der Waals surface area contributed by atoms with Crippen molar-refractivity contribution in [3.63, 3.8) is 0 Å². The Balaban J connectivity index is 1.96. The van der Waals surface area contributed by atoms with Crippen molar-refractivity contribution in [2.45, 2.75) is 6.61 Å². The molecule has 0 aliphatic carbocycles. The van der Waals surface area contributed by atoms with Crippen LogP contribution in [0.5, 0.6) is 5.75 Å². The maximum atomic E-state index is 12.3. The Labute approximate surface area is 131 Å². The first-order chi connectivity index (χ1) is 10.6. The summed E-state index contributed by atoms with van der Waals surface area (Å²) in [5, 5.41) is 5.85. The Kier molecular flexibility index (Phi) is 5.55. The van der Waals surface area contributed by atoms with Crippen molar-refractivity contribution in [3.05, 3.63) is 53.6 Å². The highest BCUT2D eigenvalue weighted by molar-refractivity contribution is 6.33. The number of ether oxygens (including phenoxy) is 1. The minimum atomic E-state index is -2.96. The average molecular weight is 327 g/mol. The number of benzene rings is 2. The summed E-state index contributed by atoms with van der Waals surface area (Å²) in [7, 11) is 0. The standard InChI is InChI=1S/C15H13ClF2N2O2/c16-10-5-1-2-6-11(10)19-9-14(21)20-12-7-3-4-8-13(12)22-15(17)18/h1-8,15,19H,9H2,(H,20,21). The number of alkyl halides is 2. The second-order valence-corrected chi connectivity index (χ2v) is 4.66. The molecule has 2 aromatic carbocycles. The fourth-order valence-electron chi connectivity index (χ4n) is 1.74. The van der Waals surface area contributed by atoms with Crippen molar-refractivity contribution in [3.8, 4) is 5.75 Å². The summed E-state index contributed by atoms with van der Waals surface area (Å²) in [6.45, 7) is -3.02. The largest absolute Gasteiger partial charge is 0.433 e. The molecule has 0 radical (unpaired) electrons. The van der Waals surface area contributed by atoms with Crippen molar-refractivity contribution in [1.82, 2.24) is 0 Å². The Morgan fingerprint density at radius 3 is 2.41 bits per heavy atom. The third kappa shape index (κ3) is 4.60. The van der Waals surface area contributed by atoms with Gasteiger partial charge >= 0.3 is 6.61 Å². The van der Waals surface area contributed by atoms with Crippen molar-refractivity contribution in [2.75, 3.05) is 17.2 Å². The molecule has 22 heavy (non-hydrogen) atoms. The number of carbonyl (C=O) groups excluding carboxylic acids is 1. The van der Waals surface area contributed by atoms with E-state index in [1.165, 1.54) is 18.2 Å². The van der Waals surface area contributed by atoms with Gasteiger partial charge in [0.15, 0.2) is 0 Å². The zero-order chi connectivity index (χ0) is 15.9. The van der Waals surface area contributed by atoms with Crippen LogP contribution in [0.2, 0.25) is 5.02 Å². The molecule has 0 aliphatic heterocycles. The molecule has 0 saturated heterocycles. The maximum Gasteiger partial charge on any atom is 0.387 e. The first kappa shape index (κ1) is 16.0. The monoisotopic (exact) mass is 326 g/mol. The van der Waals surface area contributed by atoms with Crippen LogP contribution in [0.15, 0.2) is 48.5 Å². The predicted octanol–water partition coefficient (Wildman–Crippen LogP) is 3.99. The van der Waals surface area contributed by atoms with Crippen LogP contribution in [0.4, 0.5) is 20.2 Å². The molecule has 1 amide bonds. The van der Waals surface area contributed by atoms with E-state index in [0.717, 1.165) is 0 Å². The van der Waals surface area contributed by atoms with E-state index in [2.05, 4.69) is 15.4 Å². The van der Waals surface area contributed by atoms with Gasteiger partial charge in [-0.05, 0) is 24.3 Å². The molecule has 7 heteroatoms. The zero-order valence-corrected chi connectivity index (χ0v) is 12.1. The molecule has 0 spiro atoms. The first-order valence-electron chi connectivity index (χ1n) is 6.38. The van der Waals surface area contributed by atoms with Gasteiger partial charge in [-0.2, -0.15) is 8.78 Å². The molecule has 4 nitrogen and oxygen atoms in total. The van der Waals surface area contributed by atoms with Crippen molar-refractivity contribution < 1.29 is 18.3 Å². The number of rotatable bonds is 6. The Morgan fingerprint density at radius 2 is 1.73 bits per heavy atom. The fraction of sp³-hybridized carbons (Fsp3) is 0.133. The molecule has 2 N–H and O–H groups in total. The number of para-hydroxylation sites is 3. The minimum Gasteiger partial charge on any atom is -0.433 e. The summed E-state index contributed by atoms with van der Waals surface area (Å²) < 4.78 is 28.9. The predicted molar refractivity (Wildman–Crippen MR) is 81.6 cm³/mol. The minimum absolute atomic E-state index is 0.0628. The summed E-state index contributed by atoms with van der Waals surface area (Å²) in [5.74, 6) is -0.506. The summed E-state index contributed by atoms with van der Waals surface area (Å²) in [4.78, 5) is 11.9. The third-order valence-electron chi connectivity index (χ3n) is 2.69. The molecule has 0 aliphatic rings. The second-order valence-electron chi connectivity index (χ2n) is 4.26. The lowest BCUT2D eigenvalue weighted by Crippen LogP contribution is -2.22. The van der Waals surface area contributed by atoms with E-state index in [-0.39, 0.29) is 18.0 Å². The Morgan fingerprint density at radius 1 is 1.09 bits per heavy atom. The number of nitrogens with one attached hydrogen (secondary N) is 2.